The van der Waals surface area contributed by atoms with Gasteiger partial charge in [0.05, 0.1) is 0 Å². The van der Waals surface area contributed by atoms with E-state index in [9.17, 15) is 14.4 Å². The number of carbonyl (C=O) groups is 3. The molecule has 0 aliphatic heterocycles. The zero-order chi connectivity index (χ0) is 17.4. The maximum atomic E-state index is 12.0. The van der Waals surface area contributed by atoms with Crippen molar-refractivity contribution < 1.29 is 14.4 Å². The van der Waals surface area contributed by atoms with Crippen LogP contribution in [0.1, 0.15) is 27.6 Å². The Labute approximate surface area is 140 Å². The molecule has 0 unspecified atom stereocenters. The predicted molar refractivity (Wildman–Crippen MR) is 91.9 cm³/mol. The number of anilines is 1. The van der Waals surface area contributed by atoms with Crippen LogP contribution in [-0.2, 0) is 4.79 Å². The Balaban J connectivity index is 1.87. The summed E-state index contributed by atoms with van der Waals surface area (Å²) in [5, 5.41) is 8.07. The lowest BCUT2D eigenvalue weighted by molar-refractivity contribution is -0.118. The Bertz CT molecular complexity index is 712. The van der Waals surface area contributed by atoms with Crippen LogP contribution in [0, 0.1) is 0 Å². The molecule has 0 bridgehead atoms. The van der Waals surface area contributed by atoms with Crippen molar-refractivity contribution in [3.8, 4) is 0 Å². The summed E-state index contributed by atoms with van der Waals surface area (Å²) >= 11 is 0. The molecule has 0 saturated carbocycles. The average molecular weight is 325 g/mol. The molecular formula is C18H19N3O3. The van der Waals surface area contributed by atoms with Gasteiger partial charge >= 0.3 is 0 Å². The molecule has 3 amide bonds. The summed E-state index contributed by atoms with van der Waals surface area (Å²) in [6.07, 6.45) is 0. The van der Waals surface area contributed by atoms with Crippen molar-refractivity contribution in [2.75, 3.05) is 18.4 Å². The smallest absolute Gasteiger partial charge is 0.255 e. The number of amides is 3. The lowest BCUT2D eigenvalue weighted by atomic mass is 10.1. The maximum Gasteiger partial charge on any atom is 0.255 e. The van der Waals surface area contributed by atoms with E-state index < -0.39 is 0 Å². The summed E-state index contributed by atoms with van der Waals surface area (Å²) in [6.45, 7) is 2.15. The topological polar surface area (TPSA) is 87.3 Å². The highest BCUT2D eigenvalue weighted by molar-refractivity contribution is 6.04. The van der Waals surface area contributed by atoms with Gasteiger partial charge in [-0.1, -0.05) is 18.2 Å². The lowest BCUT2D eigenvalue weighted by Gasteiger charge is -2.08. The second-order valence-corrected chi connectivity index (χ2v) is 5.14. The molecule has 2 rings (SSSR count). The molecule has 0 aliphatic carbocycles. The van der Waals surface area contributed by atoms with Gasteiger partial charge < -0.3 is 16.0 Å². The molecule has 6 heteroatoms. The fourth-order valence-corrected chi connectivity index (χ4v) is 2.01. The van der Waals surface area contributed by atoms with Crippen LogP contribution in [0.2, 0.25) is 0 Å². The summed E-state index contributed by atoms with van der Waals surface area (Å²) in [7, 11) is 0. The minimum atomic E-state index is -0.235. The molecule has 0 saturated heterocycles. The molecular weight excluding hydrogens is 306 g/mol. The molecule has 0 radical (unpaired) electrons. The Kier molecular flexibility index (Phi) is 6.08. The first-order chi connectivity index (χ1) is 11.6. The summed E-state index contributed by atoms with van der Waals surface area (Å²) < 4.78 is 0. The molecule has 0 atom stereocenters. The standard InChI is InChI=1S/C18H19N3O3/c1-13(22)19-11-12-20-17(23)15-7-9-16(10-8-15)21-18(24)14-5-3-2-4-6-14/h2-10H,11-12H2,1H3,(H,19,22)(H,20,23)(H,21,24). The zero-order valence-corrected chi connectivity index (χ0v) is 13.3. The van der Waals surface area contributed by atoms with Gasteiger partial charge in [-0.05, 0) is 36.4 Å². The van der Waals surface area contributed by atoms with Gasteiger partial charge in [0.2, 0.25) is 5.91 Å². The fourth-order valence-electron chi connectivity index (χ4n) is 2.01. The van der Waals surface area contributed by atoms with Crippen molar-refractivity contribution >= 4 is 23.4 Å². The number of nitrogens with one attached hydrogen (secondary N) is 3. The molecule has 24 heavy (non-hydrogen) atoms. The molecule has 0 aromatic heterocycles. The maximum absolute atomic E-state index is 12.0. The minimum Gasteiger partial charge on any atom is -0.355 e. The number of hydrogen-bond donors (Lipinski definition) is 3. The van der Waals surface area contributed by atoms with Gasteiger partial charge in [-0.3, -0.25) is 14.4 Å². The van der Waals surface area contributed by atoms with Gasteiger partial charge in [0.15, 0.2) is 0 Å². The minimum absolute atomic E-state index is 0.136. The van der Waals surface area contributed by atoms with Crippen LogP contribution in [0.5, 0.6) is 0 Å². The van der Waals surface area contributed by atoms with Crippen LogP contribution in [0.4, 0.5) is 5.69 Å². The second kappa shape index (κ2) is 8.47. The van der Waals surface area contributed by atoms with E-state index >= 15 is 0 Å². The van der Waals surface area contributed by atoms with Crippen LogP contribution < -0.4 is 16.0 Å². The zero-order valence-electron chi connectivity index (χ0n) is 13.3. The third kappa shape index (κ3) is 5.24. The molecule has 2 aromatic carbocycles. The molecule has 2 aromatic rings. The van der Waals surface area contributed by atoms with E-state index in [0.717, 1.165) is 0 Å². The van der Waals surface area contributed by atoms with Crippen molar-refractivity contribution in [2.24, 2.45) is 0 Å². The molecule has 6 nitrogen and oxygen atoms in total. The Morgan fingerprint density at radius 2 is 1.33 bits per heavy atom. The van der Waals surface area contributed by atoms with E-state index in [-0.39, 0.29) is 17.7 Å². The van der Waals surface area contributed by atoms with Crippen LogP contribution in [0.3, 0.4) is 0 Å². The largest absolute Gasteiger partial charge is 0.355 e. The highest BCUT2D eigenvalue weighted by atomic mass is 16.2. The number of carbonyl (C=O) groups excluding carboxylic acids is 3. The number of hydrogen-bond acceptors (Lipinski definition) is 3. The first-order valence-corrected chi connectivity index (χ1v) is 7.55. The van der Waals surface area contributed by atoms with Crippen molar-refractivity contribution in [3.05, 3.63) is 65.7 Å². The van der Waals surface area contributed by atoms with Gasteiger partial charge in [-0.15, -0.1) is 0 Å². The van der Waals surface area contributed by atoms with E-state index in [2.05, 4.69) is 16.0 Å². The monoisotopic (exact) mass is 325 g/mol. The van der Waals surface area contributed by atoms with Gasteiger partial charge in [-0.25, -0.2) is 0 Å². The average Bonchev–Trinajstić information content (AvgIpc) is 2.59. The van der Waals surface area contributed by atoms with Crippen LogP contribution in [0.15, 0.2) is 54.6 Å². The molecule has 124 valence electrons. The molecule has 0 aliphatic rings. The normalized spacial score (nSPS) is 9.88. The summed E-state index contributed by atoms with van der Waals surface area (Å²) in [4.78, 5) is 34.7. The number of benzene rings is 2. The quantitative estimate of drug-likeness (QED) is 0.708. The third-order valence-electron chi connectivity index (χ3n) is 3.23. The van der Waals surface area contributed by atoms with Crippen molar-refractivity contribution in [3.63, 3.8) is 0 Å². The van der Waals surface area contributed by atoms with Crippen molar-refractivity contribution in [1.82, 2.24) is 10.6 Å². The Morgan fingerprint density at radius 1 is 0.750 bits per heavy atom. The van der Waals surface area contributed by atoms with E-state index in [1.165, 1.54) is 6.92 Å². The summed E-state index contributed by atoms with van der Waals surface area (Å²) in [5.41, 5.74) is 1.66. The molecule has 3 N–H and O–H groups in total. The Morgan fingerprint density at radius 3 is 1.96 bits per heavy atom. The van der Waals surface area contributed by atoms with Crippen LogP contribution >= 0.6 is 0 Å². The van der Waals surface area contributed by atoms with E-state index in [0.29, 0.717) is 29.9 Å². The second-order valence-electron chi connectivity index (χ2n) is 5.14. The molecule has 0 fully saturated rings. The highest BCUT2D eigenvalue weighted by Crippen LogP contribution is 2.11. The van der Waals surface area contributed by atoms with Gasteiger partial charge in [0, 0.05) is 36.8 Å². The van der Waals surface area contributed by atoms with E-state index in [1.54, 1.807) is 48.5 Å². The number of rotatable bonds is 6. The first kappa shape index (κ1) is 17.2. The molecule has 0 heterocycles. The van der Waals surface area contributed by atoms with Gasteiger partial charge in [0.1, 0.15) is 0 Å². The summed E-state index contributed by atoms with van der Waals surface area (Å²) in [5.74, 6) is -0.577. The van der Waals surface area contributed by atoms with Crippen molar-refractivity contribution in [2.45, 2.75) is 6.92 Å². The fraction of sp³-hybridized carbons (Fsp3) is 0.167. The van der Waals surface area contributed by atoms with Crippen LogP contribution in [0.25, 0.3) is 0 Å². The predicted octanol–water partition coefficient (Wildman–Crippen LogP) is 1.80. The molecule has 0 spiro atoms. The highest BCUT2D eigenvalue weighted by Gasteiger charge is 2.07. The first-order valence-electron chi connectivity index (χ1n) is 7.55. The van der Waals surface area contributed by atoms with Gasteiger partial charge in [0.25, 0.3) is 11.8 Å². The van der Waals surface area contributed by atoms with Crippen molar-refractivity contribution in [1.29, 1.82) is 0 Å². The van der Waals surface area contributed by atoms with E-state index in [4.69, 9.17) is 0 Å². The van der Waals surface area contributed by atoms with Crippen LogP contribution in [-0.4, -0.2) is 30.8 Å². The Hall–Kier alpha value is -3.15. The summed E-state index contributed by atoms with van der Waals surface area (Å²) in [6, 6.07) is 15.5. The SMILES string of the molecule is CC(=O)NCCNC(=O)c1ccc(NC(=O)c2ccccc2)cc1. The van der Waals surface area contributed by atoms with E-state index in [1.807, 2.05) is 6.07 Å². The third-order valence-corrected chi connectivity index (χ3v) is 3.23. The lowest BCUT2D eigenvalue weighted by Crippen LogP contribution is -2.33. The van der Waals surface area contributed by atoms with Gasteiger partial charge in [-0.2, -0.15) is 0 Å².